The SMILES string of the molecule is CN(CC1CNCCO1)C(=O)C1CCCOC1. The molecule has 2 fully saturated rings. The molecule has 2 aliphatic rings. The van der Waals surface area contributed by atoms with E-state index < -0.39 is 0 Å². The van der Waals surface area contributed by atoms with E-state index in [1.807, 2.05) is 7.05 Å². The number of hydrogen-bond donors (Lipinski definition) is 1. The predicted molar refractivity (Wildman–Crippen MR) is 63.8 cm³/mol. The summed E-state index contributed by atoms with van der Waals surface area (Å²) < 4.78 is 11.0. The summed E-state index contributed by atoms with van der Waals surface area (Å²) in [4.78, 5) is 13.9. The summed E-state index contributed by atoms with van der Waals surface area (Å²) in [7, 11) is 1.86. The molecule has 0 aliphatic carbocycles. The summed E-state index contributed by atoms with van der Waals surface area (Å²) in [5, 5.41) is 3.27. The van der Waals surface area contributed by atoms with E-state index in [1.165, 1.54) is 0 Å². The van der Waals surface area contributed by atoms with Crippen molar-refractivity contribution in [2.24, 2.45) is 5.92 Å². The number of nitrogens with zero attached hydrogens (tertiary/aromatic N) is 1. The average molecular weight is 242 g/mol. The van der Waals surface area contributed by atoms with Gasteiger partial charge in [-0.25, -0.2) is 0 Å². The van der Waals surface area contributed by atoms with E-state index in [0.29, 0.717) is 13.2 Å². The van der Waals surface area contributed by atoms with Crippen molar-refractivity contribution in [2.45, 2.75) is 18.9 Å². The second-order valence-electron chi connectivity index (χ2n) is 4.83. The highest BCUT2D eigenvalue weighted by Crippen LogP contribution is 2.16. The van der Waals surface area contributed by atoms with Crippen molar-refractivity contribution in [3.05, 3.63) is 0 Å². The van der Waals surface area contributed by atoms with Crippen molar-refractivity contribution < 1.29 is 14.3 Å². The number of hydrogen-bond acceptors (Lipinski definition) is 4. The van der Waals surface area contributed by atoms with Crippen molar-refractivity contribution in [3.8, 4) is 0 Å². The van der Waals surface area contributed by atoms with Crippen LogP contribution in [0.1, 0.15) is 12.8 Å². The Balaban J connectivity index is 1.77. The first-order valence-electron chi connectivity index (χ1n) is 6.42. The van der Waals surface area contributed by atoms with Gasteiger partial charge >= 0.3 is 0 Å². The summed E-state index contributed by atoms with van der Waals surface area (Å²) in [6, 6.07) is 0. The molecule has 0 aromatic rings. The third-order valence-corrected chi connectivity index (χ3v) is 3.37. The molecular formula is C12H22N2O3. The largest absolute Gasteiger partial charge is 0.381 e. The van der Waals surface area contributed by atoms with Gasteiger partial charge in [0.25, 0.3) is 0 Å². The van der Waals surface area contributed by atoms with Crippen molar-refractivity contribution in [3.63, 3.8) is 0 Å². The second kappa shape index (κ2) is 6.33. The molecule has 2 unspecified atom stereocenters. The molecular weight excluding hydrogens is 220 g/mol. The minimum atomic E-state index is 0.0466. The van der Waals surface area contributed by atoms with E-state index in [-0.39, 0.29) is 17.9 Å². The van der Waals surface area contributed by atoms with Crippen LogP contribution in [-0.4, -0.2) is 63.4 Å². The number of ether oxygens (including phenoxy) is 2. The van der Waals surface area contributed by atoms with Crippen molar-refractivity contribution in [1.29, 1.82) is 0 Å². The Bertz CT molecular complexity index is 248. The first kappa shape index (κ1) is 12.8. The first-order chi connectivity index (χ1) is 8.27. The van der Waals surface area contributed by atoms with E-state index in [4.69, 9.17) is 9.47 Å². The topological polar surface area (TPSA) is 50.8 Å². The van der Waals surface area contributed by atoms with E-state index >= 15 is 0 Å². The molecule has 2 heterocycles. The Morgan fingerprint density at radius 3 is 3.00 bits per heavy atom. The van der Waals surface area contributed by atoms with E-state index in [9.17, 15) is 4.79 Å². The number of rotatable bonds is 3. The van der Waals surface area contributed by atoms with Gasteiger partial charge in [-0.3, -0.25) is 4.79 Å². The lowest BCUT2D eigenvalue weighted by Gasteiger charge is -2.31. The van der Waals surface area contributed by atoms with E-state index in [2.05, 4.69) is 5.32 Å². The van der Waals surface area contributed by atoms with Crippen LogP contribution < -0.4 is 5.32 Å². The van der Waals surface area contributed by atoms with Crippen LogP contribution in [0, 0.1) is 5.92 Å². The van der Waals surface area contributed by atoms with Crippen LogP contribution in [0.25, 0.3) is 0 Å². The maximum Gasteiger partial charge on any atom is 0.227 e. The van der Waals surface area contributed by atoms with Gasteiger partial charge in [-0.1, -0.05) is 0 Å². The molecule has 2 atom stereocenters. The molecule has 1 amide bonds. The smallest absolute Gasteiger partial charge is 0.227 e. The lowest BCUT2D eigenvalue weighted by atomic mass is 10.0. The highest BCUT2D eigenvalue weighted by molar-refractivity contribution is 5.78. The zero-order valence-electron chi connectivity index (χ0n) is 10.5. The van der Waals surface area contributed by atoms with Crippen LogP contribution >= 0.6 is 0 Å². The molecule has 0 bridgehead atoms. The number of carbonyl (C=O) groups excluding carboxylic acids is 1. The van der Waals surface area contributed by atoms with Gasteiger partial charge in [-0.2, -0.15) is 0 Å². The van der Waals surface area contributed by atoms with Crippen LogP contribution in [0.15, 0.2) is 0 Å². The number of likely N-dealkylation sites (N-methyl/N-ethyl adjacent to an activating group) is 1. The Kier molecular flexibility index (Phi) is 4.76. The highest BCUT2D eigenvalue weighted by Gasteiger charge is 2.26. The van der Waals surface area contributed by atoms with Crippen LogP contribution in [0.2, 0.25) is 0 Å². The summed E-state index contributed by atoms with van der Waals surface area (Å²) in [5.41, 5.74) is 0. The molecule has 5 nitrogen and oxygen atoms in total. The number of morpholine rings is 1. The summed E-state index contributed by atoms with van der Waals surface area (Å²) in [6.07, 6.45) is 2.07. The van der Waals surface area contributed by atoms with Gasteiger partial charge in [0, 0.05) is 33.3 Å². The molecule has 5 heteroatoms. The minimum absolute atomic E-state index is 0.0466. The minimum Gasteiger partial charge on any atom is -0.381 e. The molecule has 2 rings (SSSR count). The van der Waals surface area contributed by atoms with Crippen LogP contribution in [0.5, 0.6) is 0 Å². The quantitative estimate of drug-likeness (QED) is 0.748. The summed E-state index contributed by atoms with van der Waals surface area (Å²) in [6.45, 7) is 4.51. The molecule has 0 spiro atoms. The fraction of sp³-hybridized carbons (Fsp3) is 0.917. The van der Waals surface area contributed by atoms with E-state index in [1.54, 1.807) is 4.90 Å². The zero-order chi connectivity index (χ0) is 12.1. The van der Waals surface area contributed by atoms with Crippen LogP contribution in [-0.2, 0) is 14.3 Å². The maximum atomic E-state index is 12.1. The molecule has 98 valence electrons. The molecule has 0 aromatic carbocycles. The Labute approximate surface area is 102 Å². The Morgan fingerprint density at radius 2 is 2.35 bits per heavy atom. The molecule has 17 heavy (non-hydrogen) atoms. The van der Waals surface area contributed by atoms with Gasteiger partial charge in [0.2, 0.25) is 5.91 Å². The van der Waals surface area contributed by atoms with Gasteiger partial charge < -0.3 is 19.7 Å². The summed E-state index contributed by atoms with van der Waals surface area (Å²) >= 11 is 0. The van der Waals surface area contributed by atoms with Crippen molar-refractivity contribution in [2.75, 3.05) is 46.5 Å². The van der Waals surface area contributed by atoms with Crippen molar-refractivity contribution >= 4 is 5.91 Å². The molecule has 2 aliphatic heterocycles. The van der Waals surface area contributed by atoms with Gasteiger partial charge in [0.1, 0.15) is 0 Å². The third-order valence-electron chi connectivity index (χ3n) is 3.37. The molecule has 1 N–H and O–H groups in total. The fourth-order valence-electron chi connectivity index (χ4n) is 2.38. The normalized spacial score (nSPS) is 29.9. The van der Waals surface area contributed by atoms with Gasteiger partial charge in [-0.15, -0.1) is 0 Å². The lowest BCUT2D eigenvalue weighted by Crippen LogP contribution is -2.47. The Morgan fingerprint density at radius 1 is 1.47 bits per heavy atom. The first-order valence-corrected chi connectivity index (χ1v) is 6.42. The van der Waals surface area contributed by atoms with Gasteiger partial charge in [0.05, 0.1) is 25.2 Å². The highest BCUT2D eigenvalue weighted by atomic mass is 16.5. The van der Waals surface area contributed by atoms with E-state index in [0.717, 1.165) is 39.1 Å². The lowest BCUT2D eigenvalue weighted by molar-refractivity contribution is -0.140. The molecule has 0 radical (unpaired) electrons. The molecule has 0 aromatic heterocycles. The third kappa shape index (κ3) is 3.66. The fourth-order valence-corrected chi connectivity index (χ4v) is 2.38. The standard InChI is InChI=1S/C12H22N2O3/c1-14(8-11-7-13-4-6-17-11)12(15)10-3-2-5-16-9-10/h10-11,13H,2-9H2,1H3. The predicted octanol–water partition coefficient (Wildman–Crippen LogP) is -0.140. The molecule has 2 saturated heterocycles. The Hall–Kier alpha value is -0.650. The van der Waals surface area contributed by atoms with Crippen molar-refractivity contribution in [1.82, 2.24) is 10.2 Å². The summed E-state index contributed by atoms with van der Waals surface area (Å²) in [5.74, 6) is 0.240. The average Bonchev–Trinajstić information content (AvgIpc) is 2.40. The van der Waals surface area contributed by atoms with Crippen LogP contribution in [0.3, 0.4) is 0 Å². The van der Waals surface area contributed by atoms with Gasteiger partial charge in [-0.05, 0) is 12.8 Å². The van der Waals surface area contributed by atoms with Gasteiger partial charge in [0.15, 0.2) is 0 Å². The second-order valence-corrected chi connectivity index (χ2v) is 4.83. The molecule has 0 saturated carbocycles. The zero-order valence-corrected chi connectivity index (χ0v) is 10.5. The monoisotopic (exact) mass is 242 g/mol. The number of amides is 1. The maximum absolute atomic E-state index is 12.1. The number of nitrogens with one attached hydrogen (secondary N) is 1. The number of carbonyl (C=O) groups is 1. The van der Waals surface area contributed by atoms with Crippen LogP contribution in [0.4, 0.5) is 0 Å².